The number of carbonyl (C=O) groups is 1. The van der Waals surface area contributed by atoms with Crippen molar-refractivity contribution in [3.8, 4) is 0 Å². The topological polar surface area (TPSA) is 77.2 Å². The molecule has 0 unspecified atom stereocenters. The van der Waals surface area contributed by atoms with Crippen LogP contribution in [-0.2, 0) is 22.7 Å². The average molecular weight is 199 g/mol. The zero-order chi connectivity index (χ0) is 10.6. The van der Waals surface area contributed by atoms with E-state index in [1.165, 1.54) is 13.3 Å². The van der Waals surface area contributed by atoms with Gasteiger partial charge in [0.1, 0.15) is 12.9 Å². The minimum absolute atomic E-state index is 0.168. The molecule has 0 aliphatic rings. The van der Waals surface area contributed by atoms with Crippen molar-refractivity contribution in [3.63, 3.8) is 0 Å². The van der Waals surface area contributed by atoms with Crippen LogP contribution in [-0.4, -0.2) is 31.9 Å². The van der Waals surface area contributed by atoms with Gasteiger partial charge < -0.3 is 9.84 Å². The van der Waals surface area contributed by atoms with Gasteiger partial charge in [-0.3, -0.25) is 0 Å². The van der Waals surface area contributed by atoms with Crippen LogP contribution >= 0.6 is 0 Å². The van der Waals surface area contributed by atoms with Gasteiger partial charge in [0.25, 0.3) is 0 Å². The molecule has 1 heterocycles. The molecule has 0 radical (unpaired) electrons. The Morgan fingerprint density at radius 2 is 2.50 bits per heavy atom. The number of carboxylic acids is 1. The third kappa shape index (κ3) is 2.53. The van der Waals surface area contributed by atoms with Crippen LogP contribution in [0, 0.1) is 0 Å². The van der Waals surface area contributed by atoms with Gasteiger partial charge in [-0.25, -0.2) is 14.5 Å². The van der Waals surface area contributed by atoms with Crippen molar-refractivity contribution in [2.45, 2.75) is 33.1 Å². The summed E-state index contributed by atoms with van der Waals surface area (Å²) in [5.74, 6) is -0.340. The van der Waals surface area contributed by atoms with E-state index >= 15 is 0 Å². The van der Waals surface area contributed by atoms with E-state index in [4.69, 9.17) is 9.84 Å². The molecule has 0 aromatic carbocycles. The standard InChI is InChI=1S/C8H13N3O3/c1-3-11-7(9-5-10-11)4-14-6(2)8(12)13/h5-6H,3-4H2,1-2H3,(H,12,13)/t6-/m1/s1. The molecule has 0 spiro atoms. The lowest BCUT2D eigenvalue weighted by atomic mass is 10.4. The van der Waals surface area contributed by atoms with Crippen molar-refractivity contribution in [1.29, 1.82) is 0 Å². The van der Waals surface area contributed by atoms with E-state index in [1.54, 1.807) is 4.68 Å². The number of aryl methyl sites for hydroxylation is 1. The minimum Gasteiger partial charge on any atom is -0.479 e. The van der Waals surface area contributed by atoms with Crippen molar-refractivity contribution in [1.82, 2.24) is 14.8 Å². The minimum atomic E-state index is -0.979. The maximum Gasteiger partial charge on any atom is 0.332 e. The molecule has 6 nitrogen and oxygen atoms in total. The van der Waals surface area contributed by atoms with Crippen molar-refractivity contribution in [2.75, 3.05) is 0 Å². The summed E-state index contributed by atoms with van der Waals surface area (Å²) in [6.07, 6.45) is 0.602. The molecule has 0 amide bonds. The number of ether oxygens (including phenoxy) is 1. The zero-order valence-electron chi connectivity index (χ0n) is 8.17. The molecule has 14 heavy (non-hydrogen) atoms. The van der Waals surface area contributed by atoms with Crippen LogP contribution in [0.5, 0.6) is 0 Å². The van der Waals surface area contributed by atoms with Crippen molar-refractivity contribution < 1.29 is 14.6 Å². The maximum atomic E-state index is 10.4. The fourth-order valence-corrected chi connectivity index (χ4v) is 0.935. The second-order valence-electron chi connectivity index (χ2n) is 2.78. The molecule has 0 saturated heterocycles. The molecule has 0 bridgehead atoms. The van der Waals surface area contributed by atoms with Crippen molar-refractivity contribution >= 4 is 5.97 Å². The summed E-state index contributed by atoms with van der Waals surface area (Å²) in [5, 5.41) is 12.5. The number of rotatable bonds is 5. The molecule has 0 aliphatic heterocycles. The van der Waals surface area contributed by atoms with Crippen LogP contribution in [0.3, 0.4) is 0 Å². The molecule has 1 atom stereocenters. The second kappa shape index (κ2) is 4.71. The number of carboxylic acid groups (broad SMARTS) is 1. The second-order valence-corrected chi connectivity index (χ2v) is 2.78. The molecular formula is C8H13N3O3. The summed E-state index contributed by atoms with van der Waals surface area (Å²) < 4.78 is 6.73. The van der Waals surface area contributed by atoms with Gasteiger partial charge in [0.2, 0.25) is 0 Å². The van der Waals surface area contributed by atoms with Gasteiger partial charge in [-0.15, -0.1) is 0 Å². The zero-order valence-corrected chi connectivity index (χ0v) is 8.17. The Balaban J connectivity index is 2.49. The Morgan fingerprint density at radius 3 is 3.07 bits per heavy atom. The highest BCUT2D eigenvalue weighted by Crippen LogP contribution is 2.00. The van der Waals surface area contributed by atoms with Gasteiger partial charge in [-0.1, -0.05) is 0 Å². The molecule has 6 heteroatoms. The quantitative estimate of drug-likeness (QED) is 0.737. The van der Waals surface area contributed by atoms with Crippen LogP contribution in [0.4, 0.5) is 0 Å². The third-order valence-electron chi connectivity index (χ3n) is 1.81. The van der Waals surface area contributed by atoms with Gasteiger partial charge in [-0.05, 0) is 13.8 Å². The van der Waals surface area contributed by atoms with E-state index in [2.05, 4.69) is 10.1 Å². The first-order chi connectivity index (χ1) is 6.65. The van der Waals surface area contributed by atoms with Crippen molar-refractivity contribution in [3.05, 3.63) is 12.2 Å². The number of nitrogens with zero attached hydrogens (tertiary/aromatic N) is 3. The SMILES string of the molecule is CCn1ncnc1CO[C@H](C)C(=O)O. The highest BCUT2D eigenvalue weighted by molar-refractivity contribution is 5.71. The Morgan fingerprint density at radius 1 is 1.79 bits per heavy atom. The Labute approximate surface area is 81.5 Å². The summed E-state index contributed by atoms with van der Waals surface area (Å²) >= 11 is 0. The highest BCUT2D eigenvalue weighted by Gasteiger charge is 2.12. The third-order valence-corrected chi connectivity index (χ3v) is 1.81. The molecule has 1 N–H and O–H groups in total. The van der Waals surface area contributed by atoms with E-state index in [9.17, 15) is 4.79 Å². The molecular weight excluding hydrogens is 186 g/mol. The van der Waals surface area contributed by atoms with Gasteiger partial charge in [-0.2, -0.15) is 5.10 Å². The number of aromatic nitrogens is 3. The average Bonchev–Trinajstić information content (AvgIpc) is 2.60. The van der Waals surface area contributed by atoms with Gasteiger partial charge in [0.05, 0.1) is 0 Å². The molecule has 1 rings (SSSR count). The summed E-state index contributed by atoms with van der Waals surface area (Å²) in [6, 6.07) is 0. The lowest BCUT2D eigenvalue weighted by Gasteiger charge is -2.07. The summed E-state index contributed by atoms with van der Waals surface area (Å²) in [7, 11) is 0. The van der Waals surface area contributed by atoms with Crippen LogP contribution in [0.25, 0.3) is 0 Å². The summed E-state index contributed by atoms with van der Waals surface area (Å²) in [4.78, 5) is 14.4. The molecule has 78 valence electrons. The summed E-state index contributed by atoms with van der Waals surface area (Å²) in [6.45, 7) is 4.27. The van der Waals surface area contributed by atoms with E-state index in [0.717, 1.165) is 0 Å². The smallest absolute Gasteiger partial charge is 0.332 e. The Kier molecular flexibility index (Phi) is 3.58. The fourth-order valence-electron chi connectivity index (χ4n) is 0.935. The predicted octanol–water partition coefficient (Wildman–Crippen LogP) is 0.288. The van der Waals surface area contributed by atoms with Crippen LogP contribution in [0.1, 0.15) is 19.7 Å². The largest absolute Gasteiger partial charge is 0.479 e. The molecule has 1 aromatic heterocycles. The van der Waals surface area contributed by atoms with E-state index in [-0.39, 0.29) is 6.61 Å². The Hall–Kier alpha value is -1.43. The Bertz CT molecular complexity index is 311. The number of aliphatic carboxylic acids is 1. The van der Waals surface area contributed by atoms with Crippen LogP contribution in [0.2, 0.25) is 0 Å². The van der Waals surface area contributed by atoms with Crippen molar-refractivity contribution in [2.24, 2.45) is 0 Å². The predicted molar refractivity (Wildman–Crippen MR) is 47.6 cm³/mol. The fraction of sp³-hybridized carbons (Fsp3) is 0.625. The van der Waals surface area contributed by atoms with Crippen LogP contribution in [0.15, 0.2) is 6.33 Å². The van der Waals surface area contributed by atoms with Gasteiger partial charge >= 0.3 is 5.97 Å². The number of hydrogen-bond donors (Lipinski definition) is 1. The first-order valence-corrected chi connectivity index (χ1v) is 4.36. The lowest BCUT2D eigenvalue weighted by Crippen LogP contribution is -2.20. The molecule has 0 fully saturated rings. The van der Waals surface area contributed by atoms with E-state index in [0.29, 0.717) is 12.4 Å². The molecule has 1 aromatic rings. The van der Waals surface area contributed by atoms with Crippen LogP contribution < -0.4 is 0 Å². The summed E-state index contributed by atoms with van der Waals surface area (Å²) in [5.41, 5.74) is 0. The normalized spacial score (nSPS) is 12.7. The molecule has 0 aliphatic carbocycles. The monoisotopic (exact) mass is 199 g/mol. The van der Waals surface area contributed by atoms with E-state index in [1.807, 2.05) is 6.92 Å². The first-order valence-electron chi connectivity index (χ1n) is 4.36. The van der Waals surface area contributed by atoms with Gasteiger partial charge in [0, 0.05) is 6.54 Å². The number of hydrogen-bond acceptors (Lipinski definition) is 4. The molecule has 0 saturated carbocycles. The van der Waals surface area contributed by atoms with E-state index < -0.39 is 12.1 Å². The maximum absolute atomic E-state index is 10.4. The lowest BCUT2D eigenvalue weighted by molar-refractivity contribution is -0.150. The van der Waals surface area contributed by atoms with Gasteiger partial charge in [0.15, 0.2) is 11.9 Å². The highest BCUT2D eigenvalue weighted by atomic mass is 16.5. The first kappa shape index (κ1) is 10.6.